The molecule has 0 aromatic heterocycles. The van der Waals surface area contributed by atoms with Gasteiger partial charge in [0.1, 0.15) is 0 Å². The number of hydrogen-bond donors (Lipinski definition) is 1. The van der Waals surface area contributed by atoms with Gasteiger partial charge in [-0.15, -0.1) is 0 Å². The van der Waals surface area contributed by atoms with E-state index in [0.29, 0.717) is 13.1 Å². The largest absolute Gasteiger partial charge is 0.308 e. The summed E-state index contributed by atoms with van der Waals surface area (Å²) in [6.07, 6.45) is 0. The van der Waals surface area contributed by atoms with Gasteiger partial charge in [-0.25, -0.2) is 13.1 Å². The lowest BCUT2D eigenvalue weighted by Crippen LogP contribution is -2.31. The van der Waals surface area contributed by atoms with Crippen molar-refractivity contribution in [1.29, 1.82) is 0 Å². The zero-order valence-corrected chi connectivity index (χ0v) is 14.3. The first kappa shape index (κ1) is 18.1. The fourth-order valence-electron chi connectivity index (χ4n) is 2.09. The van der Waals surface area contributed by atoms with Crippen LogP contribution in [0.2, 0.25) is 0 Å². The number of nitro groups is 1. The molecule has 0 saturated carbocycles. The van der Waals surface area contributed by atoms with Gasteiger partial charge in [-0.05, 0) is 49.5 Å². The topological polar surface area (TPSA) is 92.6 Å². The molecule has 8 heteroatoms. The fraction of sp³-hybridized carbons (Fsp3) is 0.250. The van der Waals surface area contributed by atoms with Crippen LogP contribution in [0.5, 0.6) is 0 Å². The first-order valence-corrected chi connectivity index (χ1v) is 8.77. The molecule has 2 aromatic carbocycles. The van der Waals surface area contributed by atoms with Crippen molar-refractivity contribution in [2.45, 2.75) is 4.90 Å². The Morgan fingerprint density at radius 3 is 1.96 bits per heavy atom. The van der Waals surface area contributed by atoms with E-state index in [1.165, 1.54) is 24.3 Å². The van der Waals surface area contributed by atoms with Crippen LogP contribution < -0.4 is 4.72 Å². The molecule has 0 atom stereocenters. The Hall–Kier alpha value is -2.29. The average Bonchev–Trinajstić information content (AvgIpc) is 2.54. The lowest BCUT2D eigenvalue weighted by atomic mass is 10.1. The molecule has 0 spiro atoms. The van der Waals surface area contributed by atoms with E-state index in [2.05, 4.69) is 4.72 Å². The van der Waals surface area contributed by atoms with E-state index in [4.69, 9.17) is 0 Å². The van der Waals surface area contributed by atoms with Crippen LogP contribution in [0.3, 0.4) is 0 Å². The van der Waals surface area contributed by atoms with E-state index < -0.39 is 14.9 Å². The van der Waals surface area contributed by atoms with Crippen LogP contribution in [-0.2, 0) is 10.0 Å². The van der Waals surface area contributed by atoms with E-state index >= 15 is 0 Å². The molecule has 128 valence electrons. The zero-order valence-electron chi connectivity index (χ0n) is 13.5. The first-order chi connectivity index (χ1) is 11.3. The number of non-ortho nitro benzene ring substituents is 1. The van der Waals surface area contributed by atoms with E-state index in [9.17, 15) is 18.5 Å². The number of nitrogens with zero attached hydrogens (tertiary/aromatic N) is 2. The maximum atomic E-state index is 12.2. The molecule has 1 N–H and O–H groups in total. The predicted octanol–water partition coefficient (Wildman–Crippen LogP) is 2.10. The van der Waals surface area contributed by atoms with Crippen LogP contribution in [-0.4, -0.2) is 45.4 Å². The minimum absolute atomic E-state index is 0.0167. The third-order valence-corrected chi connectivity index (χ3v) is 4.90. The molecule has 0 saturated heterocycles. The van der Waals surface area contributed by atoms with Gasteiger partial charge in [-0.2, -0.15) is 0 Å². The highest BCUT2D eigenvalue weighted by Gasteiger charge is 2.13. The summed E-state index contributed by atoms with van der Waals surface area (Å²) in [7, 11) is 0.198. The molecule has 2 aromatic rings. The molecule has 0 bridgehead atoms. The first-order valence-electron chi connectivity index (χ1n) is 7.29. The minimum Gasteiger partial charge on any atom is -0.308 e. The van der Waals surface area contributed by atoms with Crippen molar-refractivity contribution in [3.8, 4) is 11.1 Å². The third kappa shape index (κ3) is 4.60. The van der Waals surface area contributed by atoms with Crippen LogP contribution in [0.25, 0.3) is 11.1 Å². The summed E-state index contributed by atoms with van der Waals surface area (Å²) in [5, 5.41) is 10.7. The van der Waals surface area contributed by atoms with Gasteiger partial charge in [0, 0.05) is 25.2 Å². The van der Waals surface area contributed by atoms with Crippen molar-refractivity contribution < 1.29 is 13.3 Å². The quantitative estimate of drug-likeness (QED) is 0.610. The van der Waals surface area contributed by atoms with Crippen molar-refractivity contribution in [2.24, 2.45) is 0 Å². The van der Waals surface area contributed by atoms with Crippen molar-refractivity contribution in [3.05, 3.63) is 58.6 Å². The minimum atomic E-state index is -3.54. The summed E-state index contributed by atoms with van der Waals surface area (Å²) in [5.74, 6) is 0. The Morgan fingerprint density at radius 2 is 1.50 bits per heavy atom. The van der Waals surface area contributed by atoms with E-state index in [0.717, 1.165) is 11.1 Å². The molecule has 0 radical (unpaired) electrons. The second kappa shape index (κ2) is 7.52. The summed E-state index contributed by atoms with van der Waals surface area (Å²) in [6.45, 7) is 0.944. The molecule has 0 heterocycles. The van der Waals surface area contributed by atoms with Gasteiger partial charge in [-0.1, -0.05) is 12.1 Å². The second-order valence-electron chi connectivity index (χ2n) is 5.53. The van der Waals surface area contributed by atoms with Crippen LogP contribution in [0.15, 0.2) is 53.4 Å². The molecular weight excluding hydrogens is 330 g/mol. The van der Waals surface area contributed by atoms with E-state index in [1.807, 2.05) is 19.0 Å². The number of nitro benzene ring substituents is 1. The Labute approximate surface area is 141 Å². The molecule has 7 nitrogen and oxygen atoms in total. The molecule has 0 aliphatic carbocycles. The maximum absolute atomic E-state index is 12.2. The Bertz CT molecular complexity index is 800. The lowest BCUT2D eigenvalue weighted by molar-refractivity contribution is -0.384. The molecule has 0 amide bonds. The SMILES string of the molecule is CN(C)CCNS(=O)(=O)c1ccc(-c2ccc([N+](=O)[O-])cc2)cc1. The molecule has 0 unspecified atom stereocenters. The highest BCUT2D eigenvalue weighted by molar-refractivity contribution is 7.89. The van der Waals surface area contributed by atoms with E-state index in [1.54, 1.807) is 24.3 Å². The number of likely N-dealkylation sites (N-methyl/N-ethyl adjacent to an activating group) is 1. The van der Waals surface area contributed by atoms with Gasteiger partial charge in [0.2, 0.25) is 10.0 Å². The van der Waals surface area contributed by atoms with Gasteiger partial charge in [0.25, 0.3) is 5.69 Å². The van der Waals surface area contributed by atoms with Gasteiger partial charge in [0.15, 0.2) is 0 Å². The number of hydrogen-bond acceptors (Lipinski definition) is 5. The summed E-state index contributed by atoms with van der Waals surface area (Å²) in [5.41, 5.74) is 1.59. The summed E-state index contributed by atoms with van der Waals surface area (Å²) >= 11 is 0. The highest BCUT2D eigenvalue weighted by atomic mass is 32.2. The lowest BCUT2D eigenvalue weighted by Gasteiger charge is -2.11. The molecule has 0 aliphatic rings. The van der Waals surface area contributed by atoms with Gasteiger partial charge in [0.05, 0.1) is 9.82 Å². The normalized spacial score (nSPS) is 11.6. The standard InChI is InChI=1S/C16H19N3O4S/c1-18(2)12-11-17-24(22,23)16-9-5-14(6-10-16)13-3-7-15(8-4-13)19(20)21/h3-10,17H,11-12H2,1-2H3. The Kier molecular flexibility index (Phi) is 5.66. The molecule has 0 aliphatic heterocycles. The van der Waals surface area contributed by atoms with Crippen LogP contribution in [0, 0.1) is 10.1 Å². The van der Waals surface area contributed by atoms with Crippen LogP contribution >= 0.6 is 0 Å². The predicted molar refractivity (Wildman–Crippen MR) is 92.3 cm³/mol. The number of benzene rings is 2. The highest BCUT2D eigenvalue weighted by Crippen LogP contribution is 2.23. The second-order valence-corrected chi connectivity index (χ2v) is 7.30. The number of sulfonamides is 1. The third-order valence-electron chi connectivity index (χ3n) is 3.43. The Morgan fingerprint density at radius 1 is 1.00 bits per heavy atom. The van der Waals surface area contributed by atoms with Gasteiger partial charge in [-0.3, -0.25) is 10.1 Å². The monoisotopic (exact) mass is 349 g/mol. The zero-order chi connectivity index (χ0) is 17.7. The molecule has 24 heavy (non-hydrogen) atoms. The van der Waals surface area contributed by atoms with Gasteiger partial charge >= 0.3 is 0 Å². The van der Waals surface area contributed by atoms with Crippen molar-refractivity contribution in [1.82, 2.24) is 9.62 Å². The molecule has 0 fully saturated rings. The van der Waals surface area contributed by atoms with Crippen molar-refractivity contribution >= 4 is 15.7 Å². The summed E-state index contributed by atoms with van der Waals surface area (Å²) in [4.78, 5) is 12.3. The van der Waals surface area contributed by atoms with Crippen molar-refractivity contribution in [2.75, 3.05) is 27.2 Å². The number of nitrogens with one attached hydrogen (secondary N) is 1. The van der Waals surface area contributed by atoms with E-state index in [-0.39, 0.29) is 10.6 Å². The summed E-state index contributed by atoms with van der Waals surface area (Å²) in [6, 6.07) is 12.5. The Balaban J connectivity index is 2.13. The molecular formula is C16H19N3O4S. The van der Waals surface area contributed by atoms with Crippen LogP contribution in [0.1, 0.15) is 0 Å². The maximum Gasteiger partial charge on any atom is 0.269 e. The average molecular weight is 349 g/mol. The van der Waals surface area contributed by atoms with Crippen molar-refractivity contribution in [3.63, 3.8) is 0 Å². The summed E-state index contributed by atoms with van der Waals surface area (Å²) < 4.78 is 26.9. The van der Waals surface area contributed by atoms with Crippen LogP contribution in [0.4, 0.5) is 5.69 Å². The molecule has 2 rings (SSSR count). The fourth-order valence-corrected chi connectivity index (χ4v) is 3.11. The van der Waals surface area contributed by atoms with Gasteiger partial charge < -0.3 is 4.90 Å². The number of rotatable bonds is 7. The smallest absolute Gasteiger partial charge is 0.269 e.